The molecule has 3 rings (SSSR count). The van der Waals surface area contributed by atoms with Crippen LogP contribution in [0.15, 0.2) is 34.5 Å². The minimum Gasteiger partial charge on any atom is -0.358 e. The van der Waals surface area contributed by atoms with E-state index in [1.807, 2.05) is 18.2 Å². The summed E-state index contributed by atoms with van der Waals surface area (Å²) in [5, 5.41) is 12.4. The molecule has 2 aliphatic rings. The van der Waals surface area contributed by atoms with Crippen LogP contribution < -0.4 is 5.32 Å². The number of para-hydroxylation sites is 1. The molecule has 0 amide bonds. The topological polar surface area (TPSA) is 36.8 Å². The summed E-state index contributed by atoms with van der Waals surface area (Å²) in [5.41, 5.74) is 2.01. The molecule has 0 aromatic heterocycles. The van der Waals surface area contributed by atoms with Crippen molar-refractivity contribution in [1.82, 2.24) is 0 Å². The van der Waals surface area contributed by atoms with Crippen molar-refractivity contribution in [3.63, 3.8) is 0 Å². The Kier molecular flexibility index (Phi) is 1.97. The van der Waals surface area contributed by atoms with Crippen molar-refractivity contribution in [2.45, 2.75) is 37.8 Å². The van der Waals surface area contributed by atoms with Crippen LogP contribution in [0.1, 0.15) is 32.1 Å². The van der Waals surface area contributed by atoms with Crippen LogP contribution in [0.5, 0.6) is 0 Å². The van der Waals surface area contributed by atoms with E-state index < -0.39 is 0 Å². The summed E-state index contributed by atoms with van der Waals surface area (Å²) in [7, 11) is 0. The van der Waals surface area contributed by atoms with E-state index in [1.165, 1.54) is 19.3 Å². The number of benzene rings is 1. The fourth-order valence-corrected chi connectivity index (χ4v) is 2.45. The SMILES string of the molecule is c1ccc2c(c1)N=NC1(CCCCC1)N2. The normalized spacial score (nSPS) is 22.1. The molecule has 0 bridgehead atoms. The van der Waals surface area contributed by atoms with E-state index in [1.54, 1.807) is 0 Å². The minimum atomic E-state index is -0.0907. The molecule has 0 radical (unpaired) electrons. The highest BCUT2D eigenvalue weighted by Gasteiger charge is 2.34. The molecule has 0 unspecified atom stereocenters. The molecule has 3 heteroatoms. The maximum Gasteiger partial charge on any atom is 0.150 e. The molecule has 0 atom stereocenters. The Bertz CT molecular complexity index is 392. The van der Waals surface area contributed by atoms with E-state index in [2.05, 4.69) is 21.6 Å². The van der Waals surface area contributed by atoms with Gasteiger partial charge >= 0.3 is 0 Å². The Morgan fingerprint density at radius 3 is 2.73 bits per heavy atom. The number of hydrogen-bond donors (Lipinski definition) is 1. The second kappa shape index (κ2) is 3.33. The lowest BCUT2D eigenvalue weighted by Crippen LogP contribution is -2.39. The number of hydrogen-bond acceptors (Lipinski definition) is 3. The molecular weight excluding hydrogens is 186 g/mol. The molecule has 1 aliphatic heterocycles. The second-order valence-electron chi connectivity index (χ2n) is 4.43. The highest BCUT2D eigenvalue weighted by molar-refractivity contribution is 5.67. The Labute approximate surface area is 89.6 Å². The highest BCUT2D eigenvalue weighted by atomic mass is 15.3. The smallest absolute Gasteiger partial charge is 0.150 e. The summed E-state index contributed by atoms with van der Waals surface area (Å²) in [6, 6.07) is 8.13. The third-order valence-electron chi connectivity index (χ3n) is 3.30. The van der Waals surface area contributed by atoms with E-state index in [-0.39, 0.29) is 5.66 Å². The highest BCUT2D eigenvalue weighted by Crippen LogP contribution is 2.40. The van der Waals surface area contributed by atoms with Crippen molar-refractivity contribution in [2.24, 2.45) is 10.2 Å². The van der Waals surface area contributed by atoms with E-state index in [9.17, 15) is 0 Å². The van der Waals surface area contributed by atoms with Crippen molar-refractivity contribution in [3.8, 4) is 0 Å². The van der Waals surface area contributed by atoms with Crippen molar-refractivity contribution in [2.75, 3.05) is 5.32 Å². The van der Waals surface area contributed by atoms with Gasteiger partial charge in [0, 0.05) is 0 Å². The molecule has 1 spiro atoms. The van der Waals surface area contributed by atoms with Crippen LogP contribution in [0, 0.1) is 0 Å². The van der Waals surface area contributed by atoms with Gasteiger partial charge in [0.2, 0.25) is 0 Å². The number of fused-ring (bicyclic) bond motifs is 1. The zero-order valence-corrected chi connectivity index (χ0v) is 8.74. The molecule has 1 N–H and O–H groups in total. The van der Waals surface area contributed by atoms with Gasteiger partial charge < -0.3 is 5.32 Å². The number of nitrogens with zero attached hydrogens (tertiary/aromatic N) is 2. The minimum absolute atomic E-state index is 0.0907. The quantitative estimate of drug-likeness (QED) is 0.680. The van der Waals surface area contributed by atoms with Gasteiger partial charge in [0.25, 0.3) is 0 Å². The van der Waals surface area contributed by atoms with Crippen LogP contribution >= 0.6 is 0 Å². The molecule has 1 aromatic carbocycles. The lowest BCUT2D eigenvalue weighted by Gasteiger charge is -2.36. The molecule has 1 saturated carbocycles. The molecular formula is C12H15N3. The zero-order valence-electron chi connectivity index (χ0n) is 8.74. The van der Waals surface area contributed by atoms with E-state index in [0.29, 0.717) is 0 Å². The lowest BCUT2D eigenvalue weighted by molar-refractivity contribution is 0.320. The van der Waals surface area contributed by atoms with Crippen LogP contribution in [0.2, 0.25) is 0 Å². The summed E-state index contributed by atoms with van der Waals surface area (Å²) in [5.74, 6) is 0. The van der Waals surface area contributed by atoms with Crippen LogP contribution in [-0.2, 0) is 0 Å². The Balaban J connectivity index is 1.94. The summed E-state index contributed by atoms with van der Waals surface area (Å²) in [6.07, 6.45) is 6.08. The van der Waals surface area contributed by atoms with Crippen LogP contribution in [0.3, 0.4) is 0 Å². The van der Waals surface area contributed by atoms with E-state index in [4.69, 9.17) is 0 Å². The summed E-state index contributed by atoms with van der Waals surface area (Å²) >= 11 is 0. The first-order valence-corrected chi connectivity index (χ1v) is 5.68. The van der Waals surface area contributed by atoms with Crippen LogP contribution in [0.25, 0.3) is 0 Å². The first-order chi connectivity index (χ1) is 7.38. The van der Waals surface area contributed by atoms with Crippen LogP contribution in [0.4, 0.5) is 11.4 Å². The van der Waals surface area contributed by atoms with Crippen molar-refractivity contribution in [1.29, 1.82) is 0 Å². The van der Waals surface area contributed by atoms with Gasteiger partial charge in [-0.25, -0.2) is 0 Å². The third kappa shape index (κ3) is 1.52. The van der Waals surface area contributed by atoms with Crippen molar-refractivity contribution >= 4 is 11.4 Å². The summed E-state index contributed by atoms with van der Waals surface area (Å²) < 4.78 is 0. The summed E-state index contributed by atoms with van der Waals surface area (Å²) in [4.78, 5) is 0. The monoisotopic (exact) mass is 201 g/mol. The van der Waals surface area contributed by atoms with E-state index in [0.717, 1.165) is 24.2 Å². The molecule has 1 fully saturated rings. The van der Waals surface area contributed by atoms with Gasteiger partial charge in [0.05, 0.1) is 5.69 Å². The molecule has 1 aromatic rings. The molecule has 1 heterocycles. The Hall–Kier alpha value is -1.38. The standard InChI is InChI=1S/C12H15N3/c1-4-8-12(9-5-1)13-10-6-2-3-7-11(10)14-15-12/h2-3,6-7,13H,1,4-5,8-9H2. The van der Waals surface area contributed by atoms with Crippen molar-refractivity contribution < 1.29 is 0 Å². The van der Waals surface area contributed by atoms with Crippen molar-refractivity contribution in [3.05, 3.63) is 24.3 Å². The molecule has 3 nitrogen and oxygen atoms in total. The average molecular weight is 201 g/mol. The predicted octanol–water partition coefficient (Wildman–Crippen LogP) is 3.86. The van der Waals surface area contributed by atoms with Crippen LogP contribution in [-0.4, -0.2) is 5.66 Å². The first kappa shape index (κ1) is 8.89. The van der Waals surface area contributed by atoms with E-state index >= 15 is 0 Å². The fraction of sp³-hybridized carbons (Fsp3) is 0.500. The number of nitrogens with one attached hydrogen (secondary N) is 1. The zero-order chi connectivity index (χ0) is 10.1. The van der Waals surface area contributed by atoms with Gasteiger partial charge in [-0.05, 0) is 37.8 Å². The molecule has 1 aliphatic carbocycles. The maximum atomic E-state index is 4.48. The average Bonchev–Trinajstić information content (AvgIpc) is 2.30. The number of rotatable bonds is 0. The third-order valence-corrected chi connectivity index (χ3v) is 3.30. The Morgan fingerprint density at radius 2 is 1.87 bits per heavy atom. The molecule has 78 valence electrons. The van der Waals surface area contributed by atoms with Gasteiger partial charge in [-0.1, -0.05) is 18.6 Å². The molecule has 0 saturated heterocycles. The predicted molar refractivity (Wildman–Crippen MR) is 60.4 cm³/mol. The first-order valence-electron chi connectivity index (χ1n) is 5.68. The largest absolute Gasteiger partial charge is 0.358 e. The maximum absolute atomic E-state index is 4.48. The number of anilines is 1. The number of azo groups is 1. The fourth-order valence-electron chi connectivity index (χ4n) is 2.45. The van der Waals surface area contributed by atoms with Gasteiger partial charge in [0.1, 0.15) is 5.69 Å². The van der Waals surface area contributed by atoms with Gasteiger partial charge in [-0.3, -0.25) is 0 Å². The lowest BCUT2D eigenvalue weighted by atomic mass is 9.89. The Morgan fingerprint density at radius 1 is 1.07 bits per heavy atom. The molecule has 15 heavy (non-hydrogen) atoms. The summed E-state index contributed by atoms with van der Waals surface area (Å²) in [6.45, 7) is 0. The van der Waals surface area contributed by atoms with Gasteiger partial charge in [0.15, 0.2) is 5.66 Å². The van der Waals surface area contributed by atoms with Gasteiger partial charge in [-0.15, -0.1) is 0 Å². The van der Waals surface area contributed by atoms with Gasteiger partial charge in [-0.2, -0.15) is 10.2 Å². The second-order valence-corrected chi connectivity index (χ2v) is 4.43.